The fraction of sp³-hybridized carbons (Fsp3) is 0.643. The van der Waals surface area contributed by atoms with Crippen LogP contribution in [0.2, 0.25) is 0 Å². The molecule has 1 heterocycles. The van der Waals surface area contributed by atoms with Crippen molar-refractivity contribution in [1.82, 2.24) is 9.97 Å². The highest BCUT2D eigenvalue weighted by atomic mass is 16.4. The van der Waals surface area contributed by atoms with E-state index in [9.17, 15) is 9.59 Å². The molecule has 0 saturated heterocycles. The van der Waals surface area contributed by atoms with E-state index in [4.69, 9.17) is 10.8 Å². The van der Waals surface area contributed by atoms with Gasteiger partial charge in [-0.1, -0.05) is 32.1 Å². The van der Waals surface area contributed by atoms with Crippen LogP contribution in [0.5, 0.6) is 0 Å². The molecule has 1 aromatic rings. The van der Waals surface area contributed by atoms with Gasteiger partial charge in [-0.2, -0.15) is 0 Å². The van der Waals surface area contributed by atoms with Crippen LogP contribution in [0.15, 0.2) is 4.79 Å². The molecule has 0 unspecified atom stereocenters. The van der Waals surface area contributed by atoms with Gasteiger partial charge in [0.2, 0.25) is 0 Å². The Morgan fingerprint density at radius 1 is 1.25 bits per heavy atom. The lowest BCUT2D eigenvalue weighted by molar-refractivity contribution is -0.136. The maximum absolute atomic E-state index is 12.0. The Balaban J connectivity index is 2.24. The monoisotopic (exact) mass is 279 g/mol. The Bertz CT molecular complexity index is 531. The van der Waals surface area contributed by atoms with Crippen LogP contribution in [0.1, 0.15) is 62.3 Å². The molecule has 0 aliphatic heterocycles. The Morgan fingerprint density at radius 2 is 1.85 bits per heavy atom. The second-order valence-electron chi connectivity index (χ2n) is 5.43. The number of carboxylic acids is 1. The Labute approximate surface area is 117 Å². The average molecular weight is 279 g/mol. The van der Waals surface area contributed by atoms with Crippen molar-refractivity contribution in [2.75, 3.05) is 5.73 Å². The normalized spacial score (nSPS) is 17.4. The fourth-order valence-electron chi connectivity index (χ4n) is 2.78. The fourth-order valence-corrected chi connectivity index (χ4v) is 2.78. The minimum Gasteiger partial charge on any atom is -0.481 e. The molecule has 1 saturated carbocycles. The van der Waals surface area contributed by atoms with Crippen LogP contribution in [0.25, 0.3) is 0 Å². The van der Waals surface area contributed by atoms with Crippen LogP contribution in [0.4, 0.5) is 5.82 Å². The van der Waals surface area contributed by atoms with Gasteiger partial charge >= 0.3 is 5.97 Å². The lowest BCUT2D eigenvalue weighted by Crippen LogP contribution is -2.23. The molecular formula is C14H21N3O3. The van der Waals surface area contributed by atoms with Crippen molar-refractivity contribution in [2.45, 2.75) is 57.3 Å². The molecule has 6 heteroatoms. The second kappa shape index (κ2) is 6.54. The first kappa shape index (κ1) is 14.6. The molecule has 0 bridgehead atoms. The topological polar surface area (TPSA) is 109 Å². The van der Waals surface area contributed by atoms with Gasteiger partial charge in [0.25, 0.3) is 5.56 Å². The zero-order chi connectivity index (χ0) is 14.5. The number of anilines is 1. The van der Waals surface area contributed by atoms with Gasteiger partial charge in [-0.3, -0.25) is 9.59 Å². The average Bonchev–Trinajstić information content (AvgIpc) is 2.33. The molecule has 0 spiro atoms. The van der Waals surface area contributed by atoms with E-state index < -0.39 is 11.5 Å². The highest BCUT2D eigenvalue weighted by Crippen LogP contribution is 2.28. The smallest absolute Gasteiger partial charge is 0.308 e. The van der Waals surface area contributed by atoms with Gasteiger partial charge in [-0.15, -0.1) is 0 Å². The lowest BCUT2D eigenvalue weighted by Gasteiger charge is -2.19. The summed E-state index contributed by atoms with van der Waals surface area (Å²) in [5.74, 6) is -0.191. The molecule has 0 amide bonds. The molecule has 6 nitrogen and oxygen atoms in total. The molecule has 20 heavy (non-hydrogen) atoms. The van der Waals surface area contributed by atoms with Gasteiger partial charge < -0.3 is 15.8 Å². The number of carboxylic acid groups (broad SMARTS) is 1. The summed E-state index contributed by atoms with van der Waals surface area (Å²) in [6.45, 7) is 0. The maximum Gasteiger partial charge on any atom is 0.308 e. The Hall–Kier alpha value is -1.85. The molecule has 0 radical (unpaired) electrons. The first-order chi connectivity index (χ1) is 9.58. The molecule has 1 aliphatic carbocycles. The summed E-state index contributed by atoms with van der Waals surface area (Å²) in [6, 6.07) is 0. The van der Waals surface area contributed by atoms with Gasteiger partial charge in [-0.25, -0.2) is 4.98 Å². The Kier molecular flexibility index (Phi) is 4.76. The first-order valence-electron chi connectivity index (χ1n) is 7.18. The minimum absolute atomic E-state index is 0.0482. The number of hydrogen-bond acceptors (Lipinski definition) is 4. The van der Waals surface area contributed by atoms with Crippen LogP contribution < -0.4 is 11.3 Å². The van der Waals surface area contributed by atoms with Crippen molar-refractivity contribution in [3.63, 3.8) is 0 Å². The lowest BCUT2D eigenvalue weighted by atomic mass is 9.90. The number of nitrogens with zero attached hydrogens (tertiary/aromatic N) is 1. The minimum atomic E-state index is -1.08. The second-order valence-corrected chi connectivity index (χ2v) is 5.43. The zero-order valence-corrected chi connectivity index (χ0v) is 11.5. The number of H-pyrrole nitrogens is 1. The molecule has 1 fully saturated rings. The summed E-state index contributed by atoms with van der Waals surface area (Å²) in [6.07, 6.45) is 7.58. The van der Waals surface area contributed by atoms with Crippen LogP contribution in [-0.4, -0.2) is 21.0 Å². The van der Waals surface area contributed by atoms with E-state index in [0.717, 1.165) is 25.7 Å². The third-order valence-corrected chi connectivity index (χ3v) is 3.89. The maximum atomic E-state index is 12.0. The summed E-state index contributed by atoms with van der Waals surface area (Å²) in [7, 11) is 0. The molecule has 0 aromatic carbocycles. The van der Waals surface area contributed by atoms with E-state index in [0.29, 0.717) is 5.82 Å². The first-order valence-corrected chi connectivity index (χ1v) is 7.18. The van der Waals surface area contributed by atoms with Gasteiger partial charge in [0.15, 0.2) is 0 Å². The number of nitrogens with two attached hydrogens (primary N) is 1. The number of hydrogen-bond donors (Lipinski definition) is 3. The third-order valence-electron chi connectivity index (χ3n) is 3.89. The summed E-state index contributed by atoms with van der Waals surface area (Å²) in [4.78, 5) is 29.6. The largest absolute Gasteiger partial charge is 0.481 e. The number of carbonyl (C=O) groups is 1. The molecule has 1 aromatic heterocycles. The Morgan fingerprint density at radius 3 is 2.40 bits per heavy atom. The van der Waals surface area contributed by atoms with E-state index >= 15 is 0 Å². The van der Waals surface area contributed by atoms with E-state index in [-0.39, 0.29) is 23.7 Å². The third kappa shape index (κ3) is 3.59. The van der Waals surface area contributed by atoms with E-state index in [2.05, 4.69) is 9.97 Å². The van der Waals surface area contributed by atoms with Crippen LogP contribution in [-0.2, 0) is 11.2 Å². The molecule has 4 N–H and O–H groups in total. The van der Waals surface area contributed by atoms with Crippen LogP contribution in [0.3, 0.4) is 0 Å². The van der Waals surface area contributed by atoms with E-state index in [1.165, 1.54) is 19.3 Å². The SMILES string of the molecule is Nc1nc(C2CCCCCCC2)[nH]c(=O)c1CC(=O)O. The van der Waals surface area contributed by atoms with Crippen molar-refractivity contribution < 1.29 is 9.90 Å². The zero-order valence-electron chi connectivity index (χ0n) is 11.5. The molecule has 1 aliphatic rings. The molecular weight excluding hydrogens is 258 g/mol. The molecule has 0 atom stereocenters. The highest BCUT2D eigenvalue weighted by molar-refractivity contribution is 5.71. The predicted octanol–water partition coefficient (Wildman–Crippen LogP) is 1.81. The van der Waals surface area contributed by atoms with Crippen molar-refractivity contribution in [2.24, 2.45) is 0 Å². The number of rotatable bonds is 3. The van der Waals surface area contributed by atoms with Crippen molar-refractivity contribution in [3.8, 4) is 0 Å². The summed E-state index contributed by atoms with van der Waals surface area (Å²) in [5.41, 5.74) is 5.38. The summed E-state index contributed by atoms with van der Waals surface area (Å²) >= 11 is 0. The van der Waals surface area contributed by atoms with E-state index in [1.807, 2.05) is 0 Å². The number of aromatic amines is 1. The van der Waals surface area contributed by atoms with Gasteiger partial charge in [0, 0.05) is 5.92 Å². The van der Waals surface area contributed by atoms with Crippen LogP contribution >= 0.6 is 0 Å². The molecule has 2 rings (SSSR count). The molecule has 110 valence electrons. The summed E-state index contributed by atoms with van der Waals surface area (Å²) < 4.78 is 0. The highest BCUT2D eigenvalue weighted by Gasteiger charge is 2.19. The summed E-state index contributed by atoms with van der Waals surface area (Å²) in [5, 5.41) is 8.77. The van der Waals surface area contributed by atoms with Crippen molar-refractivity contribution in [3.05, 3.63) is 21.7 Å². The van der Waals surface area contributed by atoms with Crippen molar-refractivity contribution in [1.29, 1.82) is 0 Å². The number of aliphatic carboxylic acids is 1. The van der Waals surface area contributed by atoms with Crippen LogP contribution in [0, 0.1) is 0 Å². The van der Waals surface area contributed by atoms with Crippen molar-refractivity contribution >= 4 is 11.8 Å². The standard InChI is InChI=1S/C14H21N3O3/c15-12-10(8-11(18)19)14(20)17-13(16-12)9-6-4-2-1-3-5-7-9/h9H,1-8H2,(H,18,19)(H3,15,16,17,20). The number of nitrogens with one attached hydrogen (secondary N) is 1. The quantitative estimate of drug-likeness (QED) is 0.781. The van der Waals surface area contributed by atoms with Gasteiger partial charge in [0.05, 0.1) is 12.0 Å². The van der Waals surface area contributed by atoms with E-state index in [1.54, 1.807) is 0 Å². The number of nitrogen functional groups attached to an aromatic ring is 1. The number of aromatic nitrogens is 2. The predicted molar refractivity (Wildman–Crippen MR) is 75.7 cm³/mol. The van der Waals surface area contributed by atoms with Gasteiger partial charge in [-0.05, 0) is 12.8 Å². The van der Waals surface area contributed by atoms with Gasteiger partial charge in [0.1, 0.15) is 11.6 Å².